The number of carboxylic acids is 1. The predicted octanol–water partition coefficient (Wildman–Crippen LogP) is 2.98. The Morgan fingerprint density at radius 3 is 2.55 bits per heavy atom. The summed E-state index contributed by atoms with van der Waals surface area (Å²) in [6, 6.07) is 6.86. The van der Waals surface area contributed by atoms with Crippen molar-refractivity contribution in [1.82, 2.24) is 5.32 Å². The lowest BCUT2D eigenvalue weighted by Crippen LogP contribution is -2.42. The third-order valence-electron chi connectivity index (χ3n) is 3.56. The Morgan fingerprint density at radius 1 is 1.27 bits per heavy atom. The number of benzene rings is 1. The molecule has 5 nitrogen and oxygen atoms in total. The van der Waals surface area contributed by atoms with Gasteiger partial charge in [0.25, 0.3) is 0 Å². The van der Waals surface area contributed by atoms with Gasteiger partial charge in [0.05, 0.1) is 6.61 Å². The Morgan fingerprint density at radius 2 is 1.95 bits per heavy atom. The zero-order valence-corrected chi connectivity index (χ0v) is 13.8. The van der Waals surface area contributed by atoms with Crippen LogP contribution in [0.25, 0.3) is 0 Å². The number of ether oxygens (including phenoxy) is 1. The zero-order chi connectivity index (χ0) is 15.9. The zero-order valence-electron chi connectivity index (χ0n) is 12.3. The molecule has 0 radical (unpaired) electrons. The van der Waals surface area contributed by atoms with E-state index in [1.807, 2.05) is 24.3 Å². The van der Waals surface area contributed by atoms with Crippen LogP contribution >= 0.6 is 15.9 Å². The number of amides is 1. The standard InChI is InChI=1S/C16H20BrNO4/c17-12-6-8-13(9-7-12)22-10-2-1-3-14(19)18-15(16(20)21)11-4-5-11/h6-9,11,15H,1-5,10H2,(H,18,19)(H,20,21). The van der Waals surface area contributed by atoms with E-state index in [1.54, 1.807) is 0 Å². The molecule has 0 spiro atoms. The van der Waals surface area contributed by atoms with E-state index < -0.39 is 12.0 Å². The van der Waals surface area contributed by atoms with E-state index in [9.17, 15) is 9.59 Å². The molecule has 2 rings (SSSR count). The second-order valence-electron chi connectivity index (χ2n) is 5.48. The number of rotatable bonds is 9. The number of aliphatic carboxylic acids is 1. The van der Waals surface area contributed by atoms with Gasteiger partial charge in [0.15, 0.2) is 0 Å². The number of nitrogens with one attached hydrogen (secondary N) is 1. The molecule has 1 saturated carbocycles. The predicted molar refractivity (Wildman–Crippen MR) is 85.8 cm³/mol. The molecule has 1 fully saturated rings. The average molecular weight is 370 g/mol. The van der Waals surface area contributed by atoms with Crippen molar-refractivity contribution >= 4 is 27.8 Å². The van der Waals surface area contributed by atoms with Crippen molar-refractivity contribution in [2.75, 3.05) is 6.61 Å². The van der Waals surface area contributed by atoms with E-state index in [-0.39, 0.29) is 11.8 Å². The lowest BCUT2D eigenvalue weighted by atomic mass is 10.1. The summed E-state index contributed by atoms with van der Waals surface area (Å²) in [4.78, 5) is 22.8. The van der Waals surface area contributed by atoms with E-state index in [2.05, 4.69) is 21.2 Å². The summed E-state index contributed by atoms with van der Waals surface area (Å²) in [6.45, 7) is 0.542. The van der Waals surface area contributed by atoms with Crippen molar-refractivity contribution in [3.05, 3.63) is 28.7 Å². The molecule has 0 bridgehead atoms. The highest BCUT2D eigenvalue weighted by molar-refractivity contribution is 9.10. The first kappa shape index (κ1) is 16.8. The molecule has 6 heteroatoms. The van der Waals surface area contributed by atoms with Gasteiger partial charge < -0.3 is 15.2 Å². The maximum atomic E-state index is 11.7. The second kappa shape index (κ2) is 8.17. The minimum Gasteiger partial charge on any atom is -0.494 e. The van der Waals surface area contributed by atoms with Crippen molar-refractivity contribution in [3.8, 4) is 5.75 Å². The number of unbranched alkanes of at least 4 members (excludes halogenated alkanes) is 1. The van der Waals surface area contributed by atoms with Gasteiger partial charge in [-0.15, -0.1) is 0 Å². The first-order valence-corrected chi connectivity index (χ1v) is 8.26. The van der Waals surface area contributed by atoms with Gasteiger partial charge in [0.2, 0.25) is 5.91 Å². The highest BCUT2D eigenvalue weighted by atomic mass is 79.9. The largest absolute Gasteiger partial charge is 0.494 e. The van der Waals surface area contributed by atoms with Crippen LogP contribution in [0, 0.1) is 5.92 Å². The fraction of sp³-hybridized carbons (Fsp3) is 0.500. The number of carboxylic acid groups (broad SMARTS) is 1. The van der Waals surface area contributed by atoms with Crippen LogP contribution in [-0.4, -0.2) is 29.6 Å². The highest BCUT2D eigenvalue weighted by Gasteiger charge is 2.37. The number of carbonyl (C=O) groups is 2. The van der Waals surface area contributed by atoms with Crippen LogP contribution in [0.2, 0.25) is 0 Å². The molecule has 1 aliphatic carbocycles. The molecule has 0 aliphatic heterocycles. The maximum Gasteiger partial charge on any atom is 0.326 e. The molecule has 0 aromatic heterocycles. The topological polar surface area (TPSA) is 75.6 Å². The van der Waals surface area contributed by atoms with E-state index in [0.29, 0.717) is 19.4 Å². The lowest BCUT2D eigenvalue weighted by molar-refractivity contribution is -0.142. The van der Waals surface area contributed by atoms with Gasteiger partial charge in [0, 0.05) is 10.9 Å². The van der Waals surface area contributed by atoms with Gasteiger partial charge in [-0.1, -0.05) is 15.9 Å². The lowest BCUT2D eigenvalue weighted by Gasteiger charge is -2.13. The number of hydrogen-bond donors (Lipinski definition) is 2. The van der Waals surface area contributed by atoms with Crippen LogP contribution in [0.15, 0.2) is 28.7 Å². The van der Waals surface area contributed by atoms with Gasteiger partial charge in [-0.3, -0.25) is 4.79 Å². The van der Waals surface area contributed by atoms with E-state index in [0.717, 1.165) is 29.5 Å². The molecule has 1 unspecified atom stereocenters. The van der Waals surface area contributed by atoms with Gasteiger partial charge >= 0.3 is 5.97 Å². The van der Waals surface area contributed by atoms with Crippen LogP contribution in [0.4, 0.5) is 0 Å². The quantitative estimate of drug-likeness (QED) is 0.656. The maximum absolute atomic E-state index is 11.7. The number of halogens is 1. The molecular formula is C16H20BrNO4. The molecule has 1 atom stereocenters. The van der Waals surface area contributed by atoms with Crippen molar-refractivity contribution in [3.63, 3.8) is 0 Å². The van der Waals surface area contributed by atoms with Crippen molar-refractivity contribution < 1.29 is 19.4 Å². The molecule has 1 aromatic carbocycles. The normalized spacial score (nSPS) is 15.1. The Labute approximate surface area is 138 Å². The first-order chi connectivity index (χ1) is 10.6. The Balaban J connectivity index is 1.58. The molecule has 1 aromatic rings. The van der Waals surface area contributed by atoms with Crippen molar-refractivity contribution in [2.45, 2.75) is 38.1 Å². The summed E-state index contributed by atoms with van der Waals surface area (Å²) in [5.74, 6) is -0.216. The van der Waals surface area contributed by atoms with Crippen LogP contribution in [0.1, 0.15) is 32.1 Å². The Bertz CT molecular complexity index is 513. The number of hydrogen-bond acceptors (Lipinski definition) is 3. The molecule has 120 valence electrons. The minimum atomic E-state index is -0.936. The summed E-state index contributed by atoms with van der Waals surface area (Å²) >= 11 is 3.36. The fourth-order valence-corrected chi connectivity index (χ4v) is 2.43. The number of carbonyl (C=O) groups excluding carboxylic acids is 1. The van der Waals surface area contributed by atoms with Gasteiger partial charge in [-0.05, 0) is 55.9 Å². The van der Waals surface area contributed by atoms with Crippen LogP contribution in [0.5, 0.6) is 5.75 Å². The summed E-state index contributed by atoms with van der Waals surface area (Å²) in [7, 11) is 0. The van der Waals surface area contributed by atoms with E-state index >= 15 is 0 Å². The Kier molecular flexibility index (Phi) is 6.24. The molecule has 1 aliphatic rings. The average Bonchev–Trinajstić information content (AvgIpc) is 3.30. The van der Waals surface area contributed by atoms with Gasteiger partial charge in [0.1, 0.15) is 11.8 Å². The summed E-state index contributed by atoms with van der Waals surface area (Å²) in [6.07, 6.45) is 3.54. The molecular weight excluding hydrogens is 350 g/mol. The molecule has 22 heavy (non-hydrogen) atoms. The molecule has 1 amide bonds. The first-order valence-electron chi connectivity index (χ1n) is 7.47. The minimum absolute atomic E-state index is 0.113. The summed E-state index contributed by atoms with van der Waals surface area (Å²) < 4.78 is 6.56. The summed E-state index contributed by atoms with van der Waals surface area (Å²) in [5.41, 5.74) is 0. The monoisotopic (exact) mass is 369 g/mol. The van der Waals surface area contributed by atoms with E-state index in [4.69, 9.17) is 9.84 Å². The van der Waals surface area contributed by atoms with Crippen LogP contribution < -0.4 is 10.1 Å². The third-order valence-corrected chi connectivity index (χ3v) is 4.09. The third kappa shape index (κ3) is 5.67. The van der Waals surface area contributed by atoms with Crippen LogP contribution in [0.3, 0.4) is 0 Å². The molecule has 0 saturated heterocycles. The SMILES string of the molecule is O=C(CCCCOc1ccc(Br)cc1)NC(C(=O)O)C1CC1. The molecule has 2 N–H and O–H groups in total. The fourth-order valence-electron chi connectivity index (χ4n) is 2.16. The van der Waals surface area contributed by atoms with Crippen LogP contribution in [-0.2, 0) is 9.59 Å². The van der Waals surface area contributed by atoms with Gasteiger partial charge in [-0.2, -0.15) is 0 Å². The van der Waals surface area contributed by atoms with Gasteiger partial charge in [-0.25, -0.2) is 4.79 Å². The van der Waals surface area contributed by atoms with Crippen molar-refractivity contribution in [1.29, 1.82) is 0 Å². The van der Waals surface area contributed by atoms with E-state index in [1.165, 1.54) is 0 Å². The van der Waals surface area contributed by atoms with Crippen molar-refractivity contribution in [2.24, 2.45) is 5.92 Å². The highest BCUT2D eigenvalue weighted by Crippen LogP contribution is 2.32. The smallest absolute Gasteiger partial charge is 0.326 e. The Hall–Kier alpha value is -1.56. The summed E-state index contributed by atoms with van der Waals surface area (Å²) in [5, 5.41) is 11.7. The second-order valence-corrected chi connectivity index (χ2v) is 6.40. The molecule has 0 heterocycles.